The Morgan fingerprint density at radius 2 is 1.59 bits per heavy atom. The third-order valence-corrected chi connectivity index (χ3v) is 5.54. The summed E-state index contributed by atoms with van der Waals surface area (Å²) in [5, 5.41) is 2.84. The third-order valence-electron chi connectivity index (χ3n) is 5.54. The summed E-state index contributed by atoms with van der Waals surface area (Å²) in [5.74, 6) is -1.39. The molecule has 3 saturated heterocycles. The number of nitrogens with zero attached hydrogens (tertiary/aromatic N) is 1. The fourth-order valence-electron chi connectivity index (χ4n) is 4.04. The predicted molar refractivity (Wildman–Crippen MR) is 103 cm³/mol. The number of esters is 1. The van der Waals surface area contributed by atoms with Crippen molar-refractivity contribution in [3.05, 3.63) is 66.2 Å². The number of carbonyl (C=O) groups excluding carboxylic acids is 2. The van der Waals surface area contributed by atoms with Crippen LogP contribution in [0, 0.1) is 5.92 Å². The fourth-order valence-corrected chi connectivity index (χ4v) is 4.04. The molecule has 3 fully saturated rings. The third kappa shape index (κ3) is 4.03. The molecular weight excluding hydrogens is 340 g/mol. The van der Waals surface area contributed by atoms with Gasteiger partial charge in [-0.3, -0.25) is 14.5 Å². The quantitative estimate of drug-likeness (QED) is 0.654. The Morgan fingerprint density at radius 1 is 0.963 bits per heavy atom. The Kier molecular flexibility index (Phi) is 5.21. The molecule has 0 radical (unpaired) electrons. The van der Waals surface area contributed by atoms with Gasteiger partial charge in [-0.1, -0.05) is 48.5 Å². The summed E-state index contributed by atoms with van der Waals surface area (Å²) in [4.78, 5) is 28.3. The monoisotopic (exact) mass is 364 g/mol. The van der Waals surface area contributed by atoms with Crippen molar-refractivity contribution >= 4 is 17.6 Å². The molecule has 27 heavy (non-hydrogen) atoms. The molecule has 2 unspecified atom stereocenters. The lowest BCUT2D eigenvalue weighted by atomic mass is 9.85. The number of hydrogen-bond donors (Lipinski definition) is 1. The smallest absolute Gasteiger partial charge is 0.323 e. The second kappa shape index (κ2) is 7.92. The summed E-state index contributed by atoms with van der Waals surface area (Å²) in [6.45, 7) is 2.93. The zero-order chi connectivity index (χ0) is 18.6. The molecule has 5 rings (SSSR count). The lowest BCUT2D eigenvalue weighted by Crippen LogP contribution is -2.52. The van der Waals surface area contributed by atoms with E-state index in [-0.39, 0.29) is 12.0 Å². The van der Waals surface area contributed by atoms with Crippen molar-refractivity contribution in [2.24, 2.45) is 5.92 Å². The molecule has 1 N–H and O–H groups in total. The predicted octanol–water partition coefficient (Wildman–Crippen LogP) is 3.05. The van der Waals surface area contributed by atoms with Crippen LogP contribution in [0.4, 0.5) is 5.69 Å². The zero-order valence-corrected chi connectivity index (χ0v) is 15.2. The molecule has 0 saturated carbocycles. The maximum atomic E-state index is 13.0. The second-order valence-electron chi connectivity index (χ2n) is 7.31. The van der Waals surface area contributed by atoms with Crippen molar-refractivity contribution in [3.63, 3.8) is 0 Å². The molecule has 2 bridgehead atoms. The van der Waals surface area contributed by atoms with Crippen molar-refractivity contribution < 1.29 is 14.3 Å². The van der Waals surface area contributed by atoms with E-state index in [1.807, 2.05) is 36.4 Å². The number of rotatable bonds is 5. The molecule has 5 nitrogen and oxygen atoms in total. The van der Waals surface area contributed by atoms with Crippen LogP contribution in [0.15, 0.2) is 60.7 Å². The largest absolute Gasteiger partial charge is 0.460 e. The van der Waals surface area contributed by atoms with Crippen LogP contribution in [0.1, 0.15) is 24.3 Å². The van der Waals surface area contributed by atoms with E-state index in [0.717, 1.165) is 32.5 Å². The van der Waals surface area contributed by atoms with Gasteiger partial charge < -0.3 is 10.1 Å². The van der Waals surface area contributed by atoms with E-state index >= 15 is 0 Å². The number of piperidine rings is 3. The van der Waals surface area contributed by atoms with E-state index in [1.54, 1.807) is 24.3 Å². The van der Waals surface area contributed by atoms with Gasteiger partial charge in [0.05, 0.1) is 0 Å². The number of nitrogens with one attached hydrogen (secondary N) is 1. The van der Waals surface area contributed by atoms with Crippen LogP contribution < -0.4 is 5.32 Å². The highest BCUT2D eigenvalue weighted by Crippen LogP contribution is 2.31. The number of hydrogen-bond acceptors (Lipinski definition) is 4. The van der Waals surface area contributed by atoms with Gasteiger partial charge in [-0.15, -0.1) is 0 Å². The summed E-state index contributed by atoms with van der Waals surface area (Å²) in [6.07, 6.45) is 2.00. The first-order valence-corrected chi connectivity index (χ1v) is 9.54. The Hall–Kier alpha value is -2.66. The first-order valence-electron chi connectivity index (χ1n) is 9.54. The summed E-state index contributed by atoms with van der Waals surface area (Å²) < 4.78 is 5.86. The maximum absolute atomic E-state index is 13.0. The summed E-state index contributed by atoms with van der Waals surface area (Å²) in [7, 11) is 0. The minimum Gasteiger partial charge on any atom is -0.460 e. The van der Waals surface area contributed by atoms with Crippen molar-refractivity contribution in [3.8, 4) is 0 Å². The van der Waals surface area contributed by atoms with Crippen LogP contribution in [0.3, 0.4) is 0 Å². The van der Waals surface area contributed by atoms with Crippen LogP contribution in [0.2, 0.25) is 0 Å². The molecule has 3 heterocycles. The van der Waals surface area contributed by atoms with Crippen molar-refractivity contribution in [2.45, 2.75) is 24.9 Å². The van der Waals surface area contributed by atoms with E-state index in [4.69, 9.17) is 4.74 Å². The Bertz CT molecular complexity index is 786. The number of fused-ring (bicyclic) bond motifs is 3. The Balaban J connectivity index is 1.52. The standard InChI is InChI=1S/C22H24N2O3/c25-21(23-18-9-5-2-6-10-18)20(17-7-3-1-4-8-17)22(26)27-19-15-24-13-11-16(19)12-14-24/h1-10,16,19-20H,11-15H2,(H,23,25). The van der Waals surface area contributed by atoms with E-state index < -0.39 is 11.9 Å². The lowest BCUT2D eigenvalue weighted by molar-refractivity contribution is -0.161. The van der Waals surface area contributed by atoms with Crippen molar-refractivity contribution in [1.82, 2.24) is 4.90 Å². The average Bonchev–Trinajstić information content (AvgIpc) is 2.70. The van der Waals surface area contributed by atoms with Gasteiger partial charge in [0, 0.05) is 12.2 Å². The Morgan fingerprint density at radius 3 is 2.19 bits per heavy atom. The highest BCUT2D eigenvalue weighted by atomic mass is 16.5. The number of benzene rings is 2. The van der Waals surface area contributed by atoms with Crippen LogP contribution in [-0.4, -0.2) is 42.5 Å². The number of amides is 1. The van der Waals surface area contributed by atoms with Gasteiger partial charge in [-0.05, 0) is 49.5 Å². The first-order chi connectivity index (χ1) is 13.2. The molecule has 2 aromatic rings. The minimum absolute atomic E-state index is 0.115. The van der Waals surface area contributed by atoms with Crippen LogP contribution in [0.5, 0.6) is 0 Å². The maximum Gasteiger partial charge on any atom is 0.323 e. The first kappa shape index (κ1) is 17.7. The van der Waals surface area contributed by atoms with E-state index in [9.17, 15) is 9.59 Å². The van der Waals surface area contributed by atoms with Gasteiger partial charge >= 0.3 is 5.97 Å². The minimum atomic E-state index is -0.971. The van der Waals surface area contributed by atoms with Gasteiger partial charge in [0.2, 0.25) is 5.91 Å². The van der Waals surface area contributed by atoms with Crippen molar-refractivity contribution in [1.29, 1.82) is 0 Å². The zero-order valence-electron chi connectivity index (χ0n) is 15.2. The summed E-state index contributed by atoms with van der Waals surface area (Å²) >= 11 is 0. The topological polar surface area (TPSA) is 58.6 Å². The normalized spacial score (nSPS) is 24.8. The number of para-hydroxylation sites is 1. The van der Waals surface area contributed by atoms with Gasteiger partial charge in [0.15, 0.2) is 5.92 Å². The molecule has 3 aliphatic heterocycles. The molecule has 0 spiro atoms. The molecule has 5 heteroatoms. The lowest BCUT2D eigenvalue weighted by Gasteiger charge is -2.44. The van der Waals surface area contributed by atoms with Gasteiger partial charge in [0.1, 0.15) is 6.10 Å². The molecule has 2 aromatic carbocycles. The van der Waals surface area contributed by atoms with Crippen LogP contribution >= 0.6 is 0 Å². The van der Waals surface area contributed by atoms with Crippen LogP contribution in [-0.2, 0) is 14.3 Å². The number of anilines is 1. The molecule has 0 aromatic heterocycles. The van der Waals surface area contributed by atoms with Gasteiger partial charge in [0.25, 0.3) is 0 Å². The Labute approximate surface area is 159 Å². The van der Waals surface area contributed by atoms with Gasteiger partial charge in [-0.25, -0.2) is 0 Å². The summed E-state index contributed by atoms with van der Waals surface area (Å²) in [6, 6.07) is 18.3. The summed E-state index contributed by atoms with van der Waals surface area (Å²) in [5.41, 5.74) is 1.32. The van der Waals surface area contributed by atoms with Crippen LogP contribution in [0.25, 0.3) is 0 Å². The molecule has 3 aliphatic rings. The van der Waals surface area contributed by atoms with E-state index in [2.05, 4.69) is 10.2 Å². The molecular formula is C22H24N2O3. The molecule has 0 aliphatic carbocycles. The van der Waals surface area contributed by atoms with E-state index in [0.29, 0.717) is 17.2 Å². The molecule has 140 valence electrons. The molecule has 2 atom stereocenters. The number of ether oxygens (including phenoxy) is 1. The van der Waals surface area contributed by atoms with Crippen molar-refractivity contribution in [2.75, 3.05) is 25.0 Å². The highest BCUT2D eigenvalue weighted by molar-refractivity contribution is 6.09. The van der Waals surface area contributed by atoms with Gasteiger partial charge in [-0.2, -0.15) is 0 Å². The van der Waals surface area contributed by atoms with E-state index in [1.165, 1.54) is 0 Å². The molecule has 1 amide bonds. The average molecular weight is 364 g/mol. The second-order valence-corrected chi connectivity index (χ2v) is 7.31. The highest BCUT2D eigenvalue weighted by Gasteiger charge is 2.39. The SMILES string of the molecule is O=C(Nc1ccccc1)C(C(=O)OC1CN2CCC1CC2)c1ccccc1. The number of carbonyl (C=O) groups is 2. The fraction of sp³-hybridized carbons (Fsp3) is 0.364.